The van der Waals surface area contributed by atoms with Crippen LogP contribution in [0.25, 0.3) is 0 Å². The van der Waals surface area contributed by atoms with E-state index in [1.165, 1.54) is 12.8 Å². The van der Waals surface area contributed by atoms with Crippen LogP contribution < -0.4 is 0 Å². The van der Waals surface area contributed by atoms with Gasteiger partial charge in [-0.25, -0.2) is 0 Å². The molecule has 1 aliphatic rings. The minimum Gasteiger partial charge on any atom is -0.332 e. The van der Waals surface area contributed by atoms with E-state index in [9.17, 15) is 4.79 Å². The molecule has 0 radical (unpaired) electrons. The summed E-state index contributed by atoms with van der Waals surface area (Å²) in [5, 5.41) is 1.04. The molecule has 5 heteroatoms. The third-order valence-electron chi connectivity index (χ3n) is 4.73. The van der Waals surface area contributed by atoms with Gasteiger partial charge in [0.05, 0.1) is 22.3 Å². The van der Waals surface area contributed by atoms with Crippen LogP contribution in [0.1, 0.15) is 43.4 Å². The Hall–Kier alpha value is -1.58. The fourth-order valence-electron chi connectivity index (χ4n) is 3.37. The SMILES string of the molecule is O=C(CC1CCCC1)N(Cc1ccc(Cl)c(Cl)c1)Cc1ccccn1. The van der Waals surface area contributed by atoms with Crippen LogP contribution >= 0.6 is 23.2 Å². The molecule has 132 valence electrons. The molecule has 0 unspecified atom stereocenters. The van der Waals surface area contributed by atoms with E-state index in [1.54, 1.807) is 12.3 Å². The highest BCUT2D eigenvalue weighted by atomic mass is 35.5. The van der Waals surface area contributed by atoms with Gasteiger partial charge in [0.15, 0.2) is 0 Å². The molecule has 0 saturated heterocycles. The summed E-state index contributed by atoms with van der Waals surface area (Å²) in [5.74, 6) is 0.705. The van der Waals surface area contributed by atoms with Crippen molar-refractivity contribution in [1.82, 2.24) is 9.88 Å². The Morgan fingerprint density at radius 1 is 1.08 bits per heavy atom. The zero-order valence-corrected chi connectivity index (χ0v) is 15.6. The molecule has 0 atom stereocenters. The van der Waals surface area contributed by atoms with Gasteiger partial charge in [-0.05, 0) is 48.6 Å². The molecule has 0 aliphatic heterocycles. The maximum atomic E-state index is 12.9. The number of carbonyl (C=O) groups is 1. The molecule has 0 N–H and O–H groups in total. The van der Waals surface area contributed by atoms with E-state index in [0.29, 0.717) is 35.5 Å². The monoisotopic (exact) mass is 376 g/mol. The maximum Gasteiger partial charge on any atom is 0.223 e. The average Bonchev–Trinajstić information content (AvgIpc) is 3.11. The maximum absolute atomic E-state index is 12.9. The summed E-state index contributed by atoms with van der Waals surface area (Å²) >= 11 is 12.1. The van der Waals surface area contributed by atoms with Gasteiger partial charge in [-0.3, -0.25) is 9.78 Å². The predicted molar refractivity (Wildman–Crippen MR) is 102 cm³/mol. The van der Waals surface area contributed by atoms with Gasteiger partial charge in [0, 0.05) is 19.2 Å². The van der Waals surface area contributed by atoms with Gasteiger partial charge in [0.2, 0.25) is 5.91 Å². The summed E-state index contributed by atoms with van der Waals surface area (Å²) in [4.78, 5) is 19.1. The standard InChI is InChI=1S/C20H22Cl2N2O/c21-18-9-8-16(11-19(18)22)13-24(14-17-7-3-4-10-23-17)20(25)12-15-5-1-2-6-15/h3-4,7-11,15H,1-2,5-6,12-14H2. The Bertz CT molecular complexity index is 715. The molecule has 1 aromatic heterocycles. The summed E-state index contributed by atoms with van der Waals surface area (Å²) in [6.45, 7) is 1.02. The van der Waals surface area contributed by atoms with E-state index < -0.39 is 0 Å². The van der Waals surface area contributed by atoms with Gasteiger partial charge < -0.3 is 4.90 Å². The molecule has 1 aliphatic carbocycles. The van der Waals surface area contributed by atoms with Gasteiger partial charge >= 0.3 is 0 Å². The minimum absolute atomic E-state index is 0.184. The van der Waals surface area contributed by atoms with Gasteiger partial charge in [0.1, 0.15) is 0 Å². The second-order valence-electron chi connectivity index (χ2n) is 6.67. The van der Waals surface area contributed by atoms with Crippen LogP contribution in [0.15, 0.2) is 42.6 Å². The zero-order chi connectivity index (χ0) is 17.6. The molecule has 2 aromatic rings. The summed E-state index contributed by atoms with van der Waals surface area (Å²) in [7, 11) is 0. The number of hydrogen-bond acceptors (Lipinski definition) is 2. The van der Waals surface area contributed by atoms with E-state index in [0.717, 1.165) is 24.1 Å². The predicted octanol–water partition coefficient (Wildman–Crippen LogP) is 5.50. The molecular formula is C20H22Cl2N2O. The van der Waals surface area contributed by atoms with E-state index in [1.807, 2.05) is 35.2 Å². The lowest BCUT2D eigenvalue weighted by Gasteiger charge is -2.24. The van der Waals surface area contributed by atoms with Crippen LogP contribution in [0.2, 0.25) is 10.0 Å². The topological polar surface area (TPSA) is 33.2 Å². The van der Waals surface area contributed by atoms with Crippen LogP contribution in [0, 0.1) is 5.92 Å². The van der Waals surface area contributed by atoms with Crippen molar-refractivity contribution in [2.75, 3.05) is 0 Å². The fourth-order valence-corrected chi connectivity index (χ4v) is 3.69. The first-order valence-electron chi connectivity index (χ1n) is 8.73. The number of aromatic nitrogens is 1. The van der Waals surface area contributed by atoms with Gasteiger partial charge in [-0.15, -0.1) is 0 Å². The zero-order valence-electron chi connectivity index (χ0n) is 14.1. The van der Waals surface area contributed by atoms with Crippen LogP contribution in [0.5, 0.6) is 0 Å². The molecule has 1 aromatic carbocycles. The quantitative estimate of drug-likeness (QED) is 0.666. The Balaban J connectivity index is 1.74. The summed E-state index contributed by atoms with van der Waals surface area (Å²) in [6.07, 6.45) is 7.18. The molecule has 1 amide bonds. The van der Waals surface area contributed by atoms with Crippen LogP contribution in [-0.2, 0) is 17.9 Å². The summed E-state index contributed by atoms with van der Waals surface area (Å²) in [6, 6.07) is 11.3. The number of nitrogens with zero attached hydrogens (tertiary/aromatic N) is 2. The van der Waals surface area contributed by atoms with Crippen molar-refractivity contribution in [1.29, 1.82) is 0 Å². The van der Waals surface area contributed by atoms with Crippen LogP contribution in [0.4, 0.5) is 0 Å². The Labute approximate surface area is 159 Å². The average molecular weight is 377 g/mol. The number of benzene rings is 1. The van der Waals surface area contributed by atoms with E-state index >= 15 is 0 Å². The third kappa shape index (κ3) is 5.20. The number of hydrogen-bond donors (Lipinski definition) is 0. The van der Waals surface area contributed by atoms with Crippen molar-refractivity contribution >= 4 is 29.1 Å². The first-order valence-corrected chi connectivity index (χ1v) is 9.49. The number of halogens is 2. The van der Waals surface area contributed by atoms with E-state index in [4.69, 9.17) is 23.2 Å². The fraction of sp³-hybridized carbons (Fsp3) is 0.400. The molecule has 1 heterocycles. The van der Waals surface area contributed by atoms with Crippen molar-refractivity contribution in [3.8, 4) is 0 Å². The highest BCUT2D eigenvalue weighted by Gasteiger charge is 2.23. The van der Waals surface area contributed by atoms with E-state index in [2.05, 4.69) is 4.98 Å². The number of rotatable bonds is 6. The molecule has 0 bridgehead atoms. The normalized spacial score (nSPS) is 14.6. The van der Waals surface area contributed by atoms with Crippen LogP contribution in [-0.4, -0.2) is 15.8 Å². The lowest BCUT2D eigenvalue weighted by Crippen LogP contribution is -2.31. The second-order valence-corrected chi connectivity index (χ2v) is 7.49. The second kappa shape index (κ2) is 8.68. The van der Waals surface area contributed by atoms with E-state index in [-0.39, 0.29) is 5.91 Å². The highest BCUT2D eigenvalue weighted by Crippen LogP contribution is 2.29. The lowest BCUT2D eigenvalue weighted by atomic mass is 10.0. The molecule has 0 spiro atoms. The van der Waals surface area contributed by atoms with Gasteiger partial charge in [-0.1, -0.05) is 48.2 Å². The van der Waals surface area contributed by atoms with Crippen molar-refractivity contribution < 1.29 is 4.79 Å². The molecular weight excluding hydrogens is 355 g/mol. The first kappa shape index (κ1) is 18.2. The van der Waals surface area contributed by atoms with Gasteiger partial charge in [0.25, 0.3) is 0 Å². The first-order chi connectivity index (χ1) is 12.1. The molecule has 1 saturated carbocycles. The van der Waals surface area contributed by atoms with Gasteiger partial charge in [-0.2, -0.15) is 0 Å². The number of amides is 1. The summed E-state index contributed by atoms with van der Waals surface area (Å²) < 4.78 is 0. The molecule has 3 nitrogen and oxygen atoms in total. The molecule has 3 rings (SSSR count). The van der Waals surface area contributed by atoms with Crippen molar-refractivity contribution in [3.63, 3.8) is 0 Å². The Kier molecular flexibility index (Phi) is 6.33. The number of carbonyl (C=O) groups excluding carboxylic acids is 1. The largest absolute Gasteiger partial charge is 0.332 e. The molecule has 1 fully saturated rings. The minimum atomic E-state index is 0.184. The van der Waals surface area contributed by atoms with Crippen molar-refractivity contribution in [2.45, 2.75) is 45.2 Å². The van der Waals surface area contributed by atoms with Crippen molar-refractivity contribution in [3.05, 3.63) is 63.9 Å². The Morgan fingerprint density at radius 2 is 1.88 bits per heavy atom. The van der Waals surface area contributed by atoms with Crippen molar-refractivity contribution in [2.24, 2.45) is 5.92 Å². The summed E-state index contributed by atoms with van der Waals surface area (Å²) in [5.41, 5.74) is 1.87. The smallest absolute Gasteiger partial charge is 0.223 e. The Morgan fingerprint density at radius 3 is 2.56 bits per heavy atom. The van der Waals surface area contributed by atoms with Crippen LogP contribution in [0.3, 0.4) is 0 Å². The third-order valence-corrected chi connectivity index (χ3v) is 5.47. The molecule has 25 heavy (non-hydrogen) atoms. The highest BCUT2D eigenvalue weighted by molar-refractivity contribution is 6.42. The lowest BCUT2D eigenvalue weighted by molar-refractivity contribution is -0.133. The number of pyridine rings is 1.